The number of nitrogens with zero attached hydrogens (tertiary/aromatic N) is 1. The Bertz CT molecular complexity index is 1180. The second-order valence-electron chi connectivity index (χ2n) is 6.80. The van der Waals surface area contributed by atoms with E-state index >= 15 is 0 Å². The Balaban J connectivity index is 1.43. The van der Waals surface area contributed by atoms with E-state index in [1.165, 1.54) is 0 Å². The van der Waals surface area contributed by atoms with Crippen LogP contribution in [0.5, 0.6) is 5.75 Å². The van der Waals surface area contributed by atoms with Gasteiger partial charge in [0.05, 0.1) is 6.21 Å². The number of carbonyl (C=O) groups excluding carboxylic acids is 1. The second kappa shape index (κ2) is 8.32. The summed E-state index contributed by atoms with van der Waals surface area (Å²) >= 11 is 1.65. The van der Waals surface area contributed by atoms with Gasteiger partial charge in [-0.05, 0) is 54.6 Å². The number of benzene rings is 2. The van der Waals surface area contributed by atoms with E-state index in [-0.39, 0.29) is 12.5 Å². The summed E-state index contributed by atoms with van der Waals surface area (Å²) in [6.07, 6.45) is 3.52. The Hall–Kier alpha value is -3.38. The molecule has 0 spiro atoms. The number of ether oxygens (including phenoxy) is 1. The lowest BCUT2D eigenvalue weighted by molar-refractivity contribution is -0.123. The zero-order chi connectivity index (χ0) is 20.2. The van der Waals surface area contributed by atoms with Crippen LogP contribution in [0.3, 0.4) is 0 Å². The van der Waals surface area contributed by atoms with Crippen molar-refractivity contribution in [2.24, 2.45) is 5.10 Å². The van der Waals surface area contributed by atoms with Gasteiger partial charge < -0.3 is 9.72 Å². The molecule has 5 nitrogen and oxygen atoms in total. The number of aromatic amines is 1. The van der Waals surface area contributed by atoms with E-state index in [2.05, 4.69) is 40.6 Å². The monoisotopic (exact) mass is 403 g/mol. The van der Waals surface area contributed by atoms with Crippen LogP contribution in [0.2, 0.25) is 0 Å². The number of aryl methyl sites for hydroxylation is 2. The average Bonchev–Trinajstić information content (AvgIpc) is 3.39. The van der Waals surface area contributed by atoms with Crippen molar-refractivity contribution in [3.05, 3.63) is 76.8 Å². The van der Waals surface area contributed by atoms with Crippen molar-refractivity contribution in [3.63, 3.8) is 0 Å². The maximum Gasteiger partial charge on any atom is 0.277 e. The van der Waals surface area contributed by atoms with E-state index in [1.54, 1.807) is 17.6 Å². The molecule has 0 aliphatic carbocycles. The minimum Gasteiger partial charge on any atom is -0.483 e. The van der Waals surface area contributed by atoms with Crippen molar-refractivity contribution in [1.82, 2.24) is 10.4 Å². The predicted octanol–water partition coefficient (Wildman–Crippen LogP) is 5.04. The molecular formula is C23H21N3O2S. The van der Waals surface area contributed by atoms with Crippen molar-refractivity contribution in [2.45, 2.75) is 13.8 Å². The number of hydrogen-bond donors (Lipinski definition) is 2. The van der Waals surface area contributed by atoms with Crippen LogP contribution >= 0.6 is 11.3 Å². The normalized spacial score (nSPS) is 11.2. The van der Waals surface area contributed by atoms with E-state index in [0.717, 1.165) is 43.8 Å². The van der Waals surface area contributed by atoms with Crippen LogP contribution in [0, 0.1) is 13.8 Å². The van der Waals surface area contributed by atoms with Gasteiger partial charge in [0, 0.05) is 33.1 Å². The Kier molecular flexibility index (Phi) is 5.44. The van der Waals surface area contributed by atoms with E-state index in [1.807, 2.05) is 48.8 Å². The van der Waals surface area contributed by atoms with Crippen LogP contribution in [0.4, 0.5) is 0 Å². The van der Waals surface area contributed by atoms with E-state index < -0.39 is 0 Å². The molecule has 2 N–H and O–H groups in total. The third-order valence-electron chi connectivity index (χ3n) is 4.57. The first-order valence-electron chi connectivity index (χ1n) is 9.28. The SMILES string of the molecule is Cc1cc(C)c(OCC(=O)NN=Cc2cccc3[nH]ccc23)c(-c2cccs2)c1. The van der Waals surface area contributed by atoms with Crippen molar-refractivity contribution >= 4 is 34.4 Å². The van der Waals surface area contributed by atoms with Gasteiger partial charge in [-0.1, -0.05) is 24.3 Å². The van der Waals surface area contributed by atoms with Gasteiger partial charge in [-0.3, -0.25) is 4.79 Å². The molecule has 4 rings (SSSR count). The first-order valence-corrected chi connectivity index (χ1v) is 10.2. The zero-order valence-corrected chi connectivity index (χ0v) is 17.0. The number of carbonyl (C=O) groups is 1. The minimum absolute atomic E-state index is 0.103. The van der Waals surface area contributed by atoms with Crippen LogP contribution in [-0.4, -0.2) is 23.7 Å². The summed E-state index contributed by atoms with van der Waals surface area (Å²) in [5, 5.41) is 7.16. The summed E-state index contributed by atoms with van der Waals surface area (Å²) in [6, 6.07) is 16.1. The highest BCUT2D eigenvalue weighted by Gasteiger charge is 2.13. The zero-order valence-electron chi connectivity index (χ0n) is 16.2. The topological polar surface area (TPSA) is 66.5 Å². The molecule has 0 radical (unpaired) electrons. The lowest BCUT2D eigenvalue weighted by Crippen LogP contribution is -2.25. The van der Waals surface area contributed by atoms with Gasteiger partial charge in [0.15, 0.2) is 6.61 Å². The van der Waals surface area contributed by atoms with E-state index in [4.69, 9.17) is 4.74 Å². The number of H-pyrrole nitrogens is 1. The summed E-state index contributed by atoms with van der Waals surface area (Å²) in [4.78, 5) is 16.5. The van der Waals surface area contributed by atoms with Crippen LogP contribution in [0.25, 0.3) is 21.3 Å². The molecule has 0 fully saturated rings. The molecule has 0 aliphatic rings. The summed E-state index contributed by atoms with van der Waals surface area (Å²) in [5.74, 6) is 0.425. The van der Waals surface area contributed by atoms with Gasteiger partial charge in [-0.2, -0.15) is 5.10 Å². The van der Waals surface area contributed by atoms with Crippen molar-refractivity contribution in [2.75, 3.05) is 6.61 Å². The molecule has 2 heterocycles. The highest BCUT2D eigenvalue weighted by Crippen LogP contribution is 2.36. The Labute approximate surface area is 173 Å². The van der Waals surface area contributed by atoms with Crippen LogP contribution in [0.15, 0.2) is 65.2 Å². The molecule has 0 bridgehead atoms. The summed E-state index contributed by atoms with van der Waals surface area (Å²) in [6.45, 7) is 3.95. The molecule has 4 aromatic rings. The predicted molar refractivity (Wildman–Crippen MR) is 119 cm³/mol. The van der Waals surface area contributed by atoms with Crippen molar-refractivity contribution in [3.8, 4) is 16.2 Å². The average molecular weight is 404 g/mol. The lowest BCUT2D eigenvalue weighted by atomic mass is 10.0. The summed E-state index contributed by atoms with van der Waals surface area (Å²) in [5.41, 5.74) is 7.67. The molecule has 2 aromatic heterocycles. The van der Waals surface area contributed by atoms with Crippen LogP contribution in [0.1, 0.15) is 16.7 Å². The number of aromatic nitrogens is 1. The minimum atomic E-state index is -0.306. The fourth-order valence-corrected chi connectivity index (χ4v) is 4.07. The lowest BCUT2D eigenvalue weighted by Gasteiger charge is -2.14. The first kappa shape index (κ1) is 19.0. The van der Waals surface area contributed by atoms with Gasteiger partial charge >= 0.3 is 0 Å². The highest BCUT2D eigenvalue weighted by molar-refractivity contribution is 7.13. The molecule has 0 atom stereocenters. The number of nitrogens with one attached hydrogen (secondary N) is 2. The van der Waals surface area contributed by atoms with Gasteiger partial charge in [-0.15, -0.1) is 11.3 Å². The molecule has 1 amide bonds. The third-order valence-corrected chi connectivity index (χ3v) is 5.48. The molecule has 6 heteroatoms. The Morgan fingerprint density at radius 1 is 1.21 bits per heavy atom. The number of rotatable bonds is 6. The number of hydrazone groups is 1. The quantitative estimate of drug-likeness (QED) is 0.350. The number of fused-ring (bicyclic) bond motifs is 1. The van der Waals surface area contributed by atoms with E-state index in [9.17, 15) is 4.79 Å². The van der Waals surface area contributed by atoms with Gasteiger partial charge in [-0.25, -0.2) is 5.43 Å². The maximum absolute atomic E-state index is 12.2. The fraction of sp³-hybridized carbons (Fsp3) is 0.130. The highest BCUT2D eigenvalue weighted by atomic mass is 32.1. The fourth-order valence-electron chi connectivity index (χ4n) is 3.33. The molecule has 29 heavy (non-hydrogen) atoms. The smallest absolute Gasteiger partial charge is 0.277 e. The maximum atomic E-state index is 12.2. The molecule has 0 aliphatic heterocycles. The molecule has 0 saturated carbocycles. The molecule has 146 valence electrons. The second-order valence-corrected chi connectivity index (χ2v) is 7.75. The molecule has 0 saturated heterocycles. The number of hydrogen-bond acceptors (Lipinski definition) is 4. The first-order chi connectivity index (χ1) is 14.1. The molecular weight excluding hydrogens is 382 g/mol. The van der Waals surface area contributed by atoms with Crippen LogP contribution < -0.4 is 10.2 Å². The standard InChI is InChI=1S/C23H21N3O2S/c1-15-11-16(2)23(19(12-15)21-7-4-10-29-21)28-14-22(27)26-25-13-17-5-3-6-20-18(17)8-9-24-20/h3-13,24H,14H2,1-2H3,(H,26,27). The largest absolute Gasteiger partial charge is 0.483 e. The van der Waals surface area contributed by atoms with E-state index in [0.29, 0.717) is 0 Å². The van der Waals surface area contributed by atoms with Gasteiger partial charge in [0.25, 0.3) is 5.91 Å². The van der Waals surface area contributed by atoms with Gasteiger partial charge in [0.1, 0.15) is 5.75 Å². The third kappa shape index (κ3) is 4.22. The van der Waals surface area contributed by atoms with Gasteiger partial charge in [0.2, 0.25) is 0 Å². The van der Waals surface area contributed by atoms with Crippen molar-refractivity contribution in [1.29, 1.82) is 0 Å². The van der Waals surface area contributed by atoms with Crippen LogP contribution in [-0.2, 0) is 4.79 Å². The molecule has 2 aromatic carbocycles. The van der Waals surface area contributed by atoms with Crippen molar-refractivity contribution < 1.29 is 9.53 Å². The number of amides is 1. The molecule has 0 unspecified atom stereocenters. The Morgan fingerprint density at radius 2 is 2.10 bits per heavy atom. The summed E-state index contributed by atoms with van der Waals surface area (Å²) < 4.78 is 5.88. The summed E-state index contributed by atoms with van der Waals surface area (Å²) in [7, 11) is 0. The number of thiophene rings is 1. The Morgan fingerprint density at radius 3 is 2.93 bits per heavy atom.